The second-order valence-corrected chi connectivity index (χ2v) is 5.48. The first-order valence-corrected chi connectivity index (χ1v) is 6.85. The number of halogens is 1. The Bertz CT molecular complexity index is 531. The highest BCUT2D eigenvalue weighted by molar-refractivity contribution is 5.91. The molecule has 0 saturated carbocycles. The van der Waals surface area contributed by atoms with Gasteiger partial charge in [0.15, 0.2) is 5.76 Å². The number of furan rings is 1. The third kappa shape index (κ3) is 3.81. The van der Waals surface area contributed by atoms with Crippen LogP contribution in [0, 0.1) is 6.92 Å². The first-order chi connectivity index (χ1) is 9.86. The van der Waals surface area contributed by atoms with E-state index in [1.807, 2.05) is 0 Å². The van der Waals surface area contributed by atoms with E-state index in [9.17, 15) is 14.0 Å². The zero-order valence-corrected chi connectivity index (χ0v) is 12.2. The molecule has 6 nitrogen and oxygen atoms in total. The van der Waals surface area contributed by atoms with Crippen molar-refractivity contribution in [2.24, 2.45) is 5.73 Å². The van der Waals surface area contributed by atoms with Crippen LogP contribution in [-0.2, 0) is 4.79 Å². The van der Waals surface area contributed by atoms with Crippen molar-refractivity contribution in [3.8, 4) is 0 Å². The van der Waals surface area contributed by atoms with Crippen LogP contribution < -0.4 is 5.73 Å². The van der Waals surface area contributed by atoms with Gasteiger partial charge in [-0.2, -0.15) is 0 Å². The Kier molecular flexibility index (Phi) is 4.62. The average Bonchev–Trinajstić information content (AvgIpc) is 2.95. The minimum Gasteiger partial charge on any atom is -0.456 e. The van der Waals surface area contributed by atoms with Gasteiger partial charge in [-0.05, 0) is 25.5 Å². The summed E-state index contributed by atoms with van der Waals surface area (Å²) < 4.78 is 18.8. The number of hydrogen-bond donors (Lipinski definition) is 1. The number of amides is 2. The van der Waals surface area contributed by atoms with Crippen LogP contribution in [0.15, 0.2) is 16.5 Å². The standard InChI is InChI=1S/C14H20FN3O3/c1-9-3-4-12(21-9)14(20)17(2)7-11-5-10(15)6-18(11)8-13(16)19/h3-4,10-11H,5-8H2,1-2H3,(H2,16,19)/t10-,11-/m0/s1. The van der Waals surface area contributed by atoms with E-state index in [0.717, 1.165) is 0 Å². The second kappa shape index (κ2) is 6.26. The van der Waals surface area contributed by atoms with Crippen LogP contribution in [0.5, 0.6) is 0 Å². The van der Waals surface area contributed by atoms with E-state index in [-0.39, 0.29) is 30.8 Å². The van der Waals surface area contributed by atoms with Crippen LogP contribution in [0.4, 0.5) is 4.39 Å². The molecule has 0 aliphatic carbocycles. The summed E-state index contributed by atoms with van der Waals surface area (Å²) >= 11 is 0. The third-order valence-electron chi connectivity index (χ3n) is 3.62. The fourth-order valence-electron chi connectivity index (χ4n) is 2.64. The van der Waals surface area contributed by atoms with Gasteiger partial charge >= 0.3 is 0 Å². The molecule has 2 atom stereocenters. The van der Waals surface area contributed by atoms with Crippen LogP contribution in [0.3, 0.4) is 0 Å². The topological polar surface area (TPSA) is 79.8 Å². The first kappa shape index (κ1) is 15.5. The fraction of sp³-hybridized carbons (Fsp3) is 0.571. The van der Waals surface area contributed by atoms with Gasteiger partial charge in [0.05, 0.1) is 6.54 Å². The van der Waals surface area contributed by atoms with Crippen LogP contribution >= 0.6 is 0 Å². The number of rotatable bonds is 5. The fourth-order valence-corrected chi connectivity index (χ4v) is 2.64. The summed E-state index contributed by atoms with van der Waals surface area (Å²) in [6, 6.07) is 3.12. The molecule has 1 aromatic rings. The van der Waals surface area contributed by atoms with E-state index >= 15 is 0 Å². The van der Waals surface area contributed by atoms with Crippen molar-refractivity contribution in [1.82, 2.24) is 9.80 Å². The van der Waals surface area contributed by atoms with E-state index in [1.165, 1.54) is 4.90 Å². The van der Waals surface area contributed by atoms with Gasteiger partial charge in [-0.1, -0.05) is 0 Å². The lowest BCUT2D eigenvalue weighted by Crippen LogP contribution is -2.44. The summed E-state index contributed by atoms with van der Waals surface area (Å²) in [6.45, 7) is 2.27. The lowest BCUT2D eigenvalue weighted by atomic mass is 10.2. The molecule has 2 rings (SSSR count). The Labute approximate surface area is 122 Å². The molecule has 21 heavy (non-hydrogen) atoms. The van der Waals surface area contributed by atoms with Crippen molar-refractivity contribution in [3.63, 3.8) is 0 Å². The van der Waals surface area contributed by atoms with Gasteiger partial charge in [-0.3, -0.25) is 14.5 Å². The van der Waals surface area contributed by atoms with E-state index in [0.29, 0.717) is 18.7 Å². The summed E-state index contributed by atoms with van der Waals surface area (Å²) in [7, 11) is 1.63. The Morgan fingerprint density at radius 1 is 1.52 bits per heavy atom. The number of primary amides is 1. The Hall–Kier alpha value is -1.89. The average molecular weight is 297 g/mol. The van der Waals surface area contributed by atoms with Gasteiger partial charge < -0.3 is 15.1 Å². The van der Waals surface area contributed by atoms with E-state index < -0.39 is 12.1 Å². The van der Waals surface area contributed by atoms with Crippen molar-refractivity contribution < 1.29 is 18.4 Å². The number of likely N-dealkylation sites (N-methyl/N-ethyl adjacent to an activating group) is 1. The van der Waals surface area contributed by atoms with Crippen LogP contribution in [-0.4, -0.2) is 60.5 Å². The second-order valence-electron chi connectivity index (χ2n) is 5.48. The van der Waals surface area contributed by atoms with Crippen molar-refractivity contribution in [2.45, 2.75) is 25.6 Å². The lowest BCUT2D eigenvalue weighted by Gasteiger charge is -2.27. The molecule has 1 aliphatic heterocycles. The molecule has 2 heterocycles. The number of carbonyl (C=O) groups excluding carboxylic acids is 2. The zero-order chi connectivity index (χ0) is 15.6. The quantitative estimate of drug-likeness (QED) is 0.861. The minimum atomic E-state index is -0.997. The predicted molar refractivity (Wildman–Crippen MR) is 74.5 cm³/mol. The minimum absolute atomic E-state index is 0.00692. The number of alkyl halides is 1. The first-order valence-electron chi connectivity index (χ1n) is 6.85. The van der Waals surface area contributed by atoms with Gasteiger partial charge in [0.25, 0.3) is 5.91 Å². The Balaban J connectivity index is 1.98. The number of nitrogens with two attached hydrogens (primary N) is 1. The molecule has 2 amide bonds. The number of carbonyl (C=O) groups is 2. The van der Waals surface area contributed by atoms with Crippen molar-refractivity contribution in [3.05, 3.63) is 23.7 Å². The molecule has 2 N–H and O–H groups in total. The molecule has 0 bridgehead atoms. The molecule has 1 aromatic heterocycles. The van der Waals surface area contributed by atoms with Crippen LogP contribution in [0.1, 0.15) is 22.7 Å². The smallest absolute Gasteiger partial charge is 0.289 e. The maximum absolute atomic E-state index is 13.5. The maximum Gasteiger partial charge on any atom is 0.289 e. The molecule has 7 heteroatoms. The third-order valence-corrected chi connectivity index (χ3v) is 3.62. The van der Waals surface area contributed by atoms with Gasteiger partial charge in [0, 0.05) is 26.2 Å². The van der Waals surface area contributed by atoms with E-state index in [2.05, 4.69) is 0 Å². The molecule has 0 aromatic carbocycles. The number of aryl methyl sites for hydroxylation is 1. The van der Waals surface area contributed by atoms with Gasteiger partial charge in [0.1, 0.15) is 11.9 Å². The molecule has 0 unspecified atom stereocenters. The van der Waals surface area contributed by atoms with Gasteiger partial charge in [0.2, 0.25) is 5.91 Å². The molecule has 0 spiro atoms. The molecule has 116 valence electrons. The zero-order valence-electron chi connectivity index (χ0n) is 12.2. The molecule has 1 aliphatic rings. The number of likely N-dealkylation sites (tertiary alicyclic amines) is 1. The highest BCUT2D eigenvalue weighted by atomic mass is 19.1. The Morgan fingerprint density at radius 3 is 2.81 bits per heavy atom. The summed E-state index contributed by atoms with van der Waals surface area (Å²) in [5.74, 6) is 0.159. The summed E-state index contributed by atoms with van der Waals surface area (Å²) in [5, 5.41) is 0. The summed E-state index contributed by atoms with van der Waals surface area (Å²) in [5.41, 5.74) is 5.17. The lowest BCUT2D eigenvalue weighted by molar-refractivity contribution is -0.119. The Morgan fingerprint density at radius 2 is 2.24 bits per heavy atom. The predicted octanol–water partition coefficient (Wildman–Crippen LogP) is 0.558. The highest BCUT2D eigenvalue weighted by Crippen LogP contribution is 2.21. The molecule has 0 radical (unpaired) electrons. The molecule has 1 fully saturated rings. The molecular formula is C14H20FN3O3. The highest BCUT2D eigenvalue weighted by Gasteiger charge is 2.34. The van der Waals surface area contributed by atoms with Crippen LogP contribution in [0.25, 0.3) is 0 Å². The van der Waals surface area contributed by atoms with Crippen LogP contribution in [0.2, 0.25) is 0 Å². The number of hydrogen-bond acceptors (Lipinski definition) is 4. The van der Waals surface area contributed by atoms with Crippen molar-refractivity contribution in [2.75, 3.05) is 26.7 Å². The molecule has 1 saturated heterocycles. The maximum atomic E-state index is 13.5. The number of nitrogens with zero attached hydrogens (tertiary/aromatic N) is 2. The summed E-state index contributed by atoms with van der Waals surface area (Å²) in [4.78, 5) is 26.4. The SMILES string of the molecule is Cc1ccc(C(=O)N(C)C[C@@H]2C[C@H](F)CN2CC(N)=O)o1. The monoisotopic (exact) mass is 297 g/mol. The van der Waals surface area contributed by atoms with E-state index in [1.54, 1.807) is 31.0 Å². The normalized spacial score (nSPS) is 22.4. The van der Waals surface area contributed by atoms with Gasteiger partial charge in [-0.25, -0.2) is 4.39 Å². The van der Waals surface area contributed by atoms with Crippen molar-refractivity contribution >= 4 is 11.8 Å². The van der Waals surface area contributed by atoms with Gasteiger partial charge in [-0.15, -0.1) is 0 Å². The molecular weight excluding hydrogens is 277 g/mol. The largest absolute Gasteiger partial charge is 0.456 e. The van der Waals surface area contributed by atoms with E-state index in [4.69, 9.17) is 10.2 Å². The van der Waals surface area contributed by atoms with Crippen molar-refractivity contribution in [1.29, 1.82) is 0 Å². The summed E-state index contributed by atoms with van der Waals surface area (Å²) in [6.07, 6.45) is -0.703.